The molecular weight excluding hydrogens is 323 g/mol. The molecule has 1 unspecified atom stereocenters. The third kappa shape index (κ3) is 4.59. The van der Waals surface area contributed by atoms with Crippen molar-refractivity contribution in [3.8, 4) is 0 Å². The van der Waals surface area contributed by atoms with Gasteiger partial charge in [0.15, 0.2) is 0 Å². The summed E-state index contributed by atoms with van der Waals surface area (Å²) in [6.07, 6.45) is 1.44. The highest BCUT2D eigenvalue weighted by Crippen LogP contribution is 2.33. The average molecular weight is 347 g/mol. The normalized spacial score (nSPS) is 13.0. The van der Waals surface area contributed by atoms with Gasteiger partial charge in [0.05, 0.1) is 28.1 Å². The number of ether oxygens (including phenoxy) is 1. The molecule has 1 rings (SSSR count). The molecule has 0 fully saturated rings. The van der Waals surface area contributed by atoms with Crippen molar-refractivity contribution in [3.05, 3.63) is 33.8 Å². The molecule has 1 amide bonds. The Kier molecular flexibility index (Phi) is 7.63. The molecule has 0 spiro atoms. The molecule has 0 aliphatic rings. The van der Waals surface area contributed by atoms with Crippen LogP contribution in [0, 0.1) is 0 Å². The molecular formula is C16H24Cl2N2O2. The summed E-state index contributed by atoms with van der Waals surface area (Å²) in [5, 5.41) is 4.10. The Morgan fingerprint density at radius 3 is 2.41 bits per heavy atom. The standard InChI is InChI=1S/C16H24Cl2N2O2/c1-4-16(5-2,11-6-7-13(17)14(18)8-11)20-15(21)9-12(10-19)22-3/h6-8,12H,4-5,9-10,19H2,1-3H3,(H,20,21). The minimum absolute atomic E-state index is 0.0907. The van der Waals surface area contributed by atoms with Gasteiger partial charge in [0.1, 0.15) is 0 Å². The molecule has 0 aliphatic carbocycles. The van der Waals surface area contributed by atoms with E-state index >= 15 is 0 Å². The molecule has 0 saturated carbocycles. The number of nitrogens with one attached hydrogen (secondary N) is 1. The zero-order valence-corrected chi connectivity index (χ0v) is 14.8. The molecule has 0 aromatic heterocycles. The van der Waals surface area contributed by atoms with Crippen LogP contribution < -0.4 is 11.1 Å². The quantitative estimate of drug-likeness (QED) is 0.757. The van der Waals surface area contributed by atoms with E-state index in [2.05, 4.69) is 5.32 Å². The number of carbonyl (C=O) groups excluding carboxylic acids is 1. The fourth-order valence-corrected chi connectivity index (χ4v) is 2.79. The number of amides is 1. The van der Waals surface area contributed by atoms with Crippen LogP contribution in [0.5, 0.6) is 0 Å². The fraction of sp³-hybridized carbons (Fsp3) is 0.562. The van der Waals surface area contributed by atoms with Gasteiger partial charge in [-0.15, -0.1) is 0 Å². The molecule has 1 aromatic rings. The van der Waals surface area contributed by atoms with E-state index in [4.69, 9.17) is 33.7 Å². The van der Waals surface area contributed by atoms with Gasteiger partial charge in [0.2, 0.25) is 5.91 Å². The van der Waals surface area contributed by atoms with Crippen molar-refractivity contribution in [2.45, 2.75) is 44.8 Å². The van der Waals surface area contributed by atoms with Crippen LogP contribution in [-0.4, -0.2) is 25.7 Å². The van der Waals surface area contributed by atoms with Crippen LogP contribution >= 0.6 is 23.2 Å². The highest BCUT2D eigenvalue weighted by atomic mass is 35.5. The Balaban J connectivity index is 3.00. The summed E-state index contributed by atoms with van der Waals surface area (Å²) < 4.78 is 5.17. The first-order chi connectivity index (χ1) is 10.4. The van der Waals surface area contributed by atoms with E-state index in [1.54, 1.807) is 13.2 Å². The van der Waals surface area contributed by atoms with Crippen molar-refractivity contribution in [2.75, 3.05) is 13.7 Å². The molecule has 0 aliphatic heterocycles. The number of methoxy groups -OCH3 is 1. The van der Waals surface area contributed by atoms with Crippen LogP contribution in [-0.2, 0) is 15.1 Å². The van der Waals surface area contributed by atoms with Crippen molar-refractivity contribution < 1.29 is 9.53 Å². The predicted molar refractivity (Wildman–Crippen MR) is 91.3 cm³/mol. The molecule has 0 saturated heterocycles. The summed E-state index contributed by atoms with van der Waals surface area (Å²) in [6, 6.07) is 5.47. The van der Waals surface area contributed by atoms with Crippen molar-refractivity contribution in [3.63, 3.8) is 0 Å². The first-order valence-corrected chi connectivity index (χ1v) is 8.17. The van der Waals surface area contributed by atoms with Gasteiger partial charge in [0.25, 0.3) is 0 Å². The fourth-order valence-electron chi connectivity index (χ4n) is 2.49. The molecule has 3 N–H and O–H groups in total. The van der Waals surface area contributed by atoms with Crippen LogP contribution in [0.2, 0.25) is 10.0 Å². The lowest BCUT2D eigenvalue weighted by atomic mass is 9.84. The molecule has 22 heavy (non-hydrogen) atoms. The zero-order valence-electron chi connectivity index (χ0n) is 13.3. The molecule has 1 atom stereocenters. The molecule has 1 aromatic carbocycles. The largest absolute Gasteiger partial charge is 0.380 e. The summed E-state index contributed by atoms with van der Waals surface area (Å²) in [5.74, 6) is -0.0907. The predicted octanol–water partition coefficient (Wildman–Crippen LogP) is 3.49. The lowest BCUT2D eigenvalue weighted by molar-refractivity contribution is -0.125. The van der Waals surface area contributed by atoms with Crippen molar-refractivity contribution in [1.82, 2.24) is 5.32 Å². The molecule has 124 valence electrons. The number of halogens is 2. The number of nitrogens with two attached hydrogens (primary N) is 1. The van der Waals surface area contributed by atoms with Gasteiger partial charge in [-0.05, 0) is 30.5 Å². The van der Waals surface area contributed by atoms with Gasteiger partial charge in [0, 0.05) is 13.7 Å². The van der Waals surface area contributed by atoms with Crippen LogP contribution in [0.15, 0.2) is 18.2 Å². The molecule has 0 radical (unpaired) electrons. The Labute approximate surface area is 142 Å². The topological polar surface area (TPSA) is 64.4 Å². The number of hydrogen-bond donors (Lipinski definition) is 2. The van der Waals surface area contributed by atoms with Gasteiger partial charge in [-0.1, -0.05) is 43.1 Å². The first kappa shape index (κ1) is 19.2. The van der Waals surface area contributed by atoms with Crippen molar-refractivity contribution in [2.24, 2.45) is 5.73 Å². The van der Waals surface area contributed by atoms with Gasteiger partial charge < -0.3 is 15.8 Å². The first-order valence-electron chi connectivity index (χ1n) is 7.41. The molecule has 4 nitrogen and oxygen atoms in total. The SMILES string of the molecule is CCC(CC)(NC(=O)CC(CN)OC)c1ccc(Cl)c(Cl)c1. The minimum Gasteiger partial charge on any atom is -0.380 e. The van der Waals surface area contributed by atoms with E-state index in [9.17, 15) is 4.79 Å². The second-order valence-corrected chi connectivity index (χ2v) is 6.08. The maximum atomic E-state index is 12.3. The third-order valence-electron chi connectivity index (χ3n) is 4.07. The number of carbonyl (C=O) groups is 1. The Bertz CT molecular complexity index is 501. The Hall–Kier alpha value is -0.810. The molecule has 6 heteroatoms. The van der Waals surface area contributed by atoms with E-state index in [0.29, 0.717) is 16.6 Å². The lowest BCUT2D eigenvalue weighted by Gasteiger charge is -2.34. The maximum absolute atomic E-state index is 12.3. The number of hydrogen-bond acceptors (Lipinski definition) is 3. The van der Waals surface area contributed by atoms with Gasteiger partial charge in [-0.2, -0.15) is 0 Å². The number of benzene rings is 1. The Morgan fingerprint density at radius 2 is 1.95 bits per heavy atom. The van der Waals surface area contributed by atoms with Gasteiger partial charge >= 0.3 is 0 Å². The van der Waals surface area contributed by atoms with E-state index in [1.165, 1.54) is 0 Å². The average Bonchev–Trinajstić information content (AvgIpc) is 2.53. The van der Waals surface area contributed by atoms with Crippen molar-refractivity contribution >= 4 is 29.1 Å². The number of rotatable bonds is 8. The minimum atomic E-state index is -0.474. The second kappa shape index (κ2) is 8.73. The maximum Gasteiger partial charge on any atom is 0.223 e. The van der Waals surface area contributed by atoms with Crippen LogP contribution in [0.25, 0.3) is 0 Å². The van der Waals surface area contributed by atoms with E-state index in [0.717, 1.165) is 18.4 Å². The van der Waals surface area contributed by atoms with Gasteiger partial charge in [-0.3, -0.25) is 4.79 Å². The van der Waals surface area contributed by atoms with Crippen molar-refractivity contribution in [1.29, 1.82) is 0 Å². The monoisotopic (exact) mass is 346 g/mol. The zero-order chi connectivity index (χ0) is 16.8. The summed E-state index contributed by atoms with van der Waals surface area (Å²) in [4.78, 5) is 12.3. The summed E-state index contributed by atoms with van der Waals surface area (Å²) >= 11 is 12.1. The lowest BCUT2D eigenvalue weighted by Crippen LogP contribution is -2.46. The van der Waals surface area contributed by atoms with Crippen LogP contribution in [0.1, 0.15) is 38.7 Å². The summed E-state index contributed by atoms with van der Waals surface area (Å²) in [7, 11) is 1.55. The highest BCUT2D eigenvalue weighted by molar-refractivity contribution is 6.42. The molecule has 0 bridgehead atoms. The van der Waals surface area contributed by atoms with Crippen LogP contribution in [0.3, 0.4) is 0 Å². The summed E-state index contributed by atoms with van der Waals surface area (Å²) in [6.45, 7) is 4.37. The molecule has 0 heterocycles. The highest BCUT2D eigenvalue weighted by Gasteiger charge is 2.31. The smallest absolute Gasteiger partial charge is 0.223 e. The third-order valence-corrected chi connectivity index (χ3v) is 4.81. The van der Waals surface area contributed by atoms with E-state index in [1.807, 2.05) is 26.0 Å². The van der Waals surface area contributed by atoms with Gasteiger partial charge in [-0.25, -0.2) is 0 Å². The second-order valence-electron chi connectivity index (χ2n) is 5.26. The van der Waals surface area contributed by atoms with E-state index < -0.39 is 5.54 Å². The van der Waals surface area contributed by atoms with Crippen LogP contribution in [0.4, 0.5) is 0 Å². The Morgan fingerprint density at radius 1 is 1.32 bits per heavy atom. The summed E-state index contributed by atoms with van der Waals surface area (Å²) in [5.41, 5.74) is 6.04. The van der Waals surface area contributed by atoms with E-state index in [-0.39, 0.29) is 18.4 Å².